The number of nitrogens with zero attached hydrogens (tertiary/aromatic N) is 3. The van der Waals surface area contributed by atoms with Gasteiger partial charge in [0, 0.05) is 31.8 Å². The summed E-state index contributed by atoms with van der Waals surface area (Å²) in [6.07, 6.45) is 5.24. The Labute approximate surface area is 173 Å². The first kappa shape index (κ1) is 19.6. The molecular formula is C23H23N5O2. The van der Waals surface area contributed by atoms with Crippen molar-refractivity contribution in [2.75, 3.05) is 0 Å². The molecule has 2 N–H and O–H groups in total. The van der Waals surface area contributed by atoms with E-state index >= 15 is 0 Å². The molecule has 0 unspecified atom stereocenters. The lowest BCUT2D eigenvalue weighted by Crippen LogP contribution is -2.22. The molecule has 0 radical (unpaired) electrons. The van der Waals surface area contributed by atoms with E-state index in [1.165, 1.54) is 0 Å². The predicted octanol–water partition coefficient (Wildman–Crippen LogP) is 2.81. The maximum absolute atomic E-state index is 12.1. The molecule has 2 aromatic heterocycles. The van der Waals surface area contributed by atoms with Gasteiger partial charge in [-0.05, 0) is 35.7 Å². The van der Waals surface area contributed by atoms with E-state index in [2.05, 4.69) is 20.4 Å². The van der Waals surface area contributed by atoms with Crippen molar-refractivity contribution >= 4 is 16.8 Å². The average Bonchev–Trinajstić information content (AvgIpc) is 3.26. The number of hydrogen-bond acceptors (Lipinski definition) is 4. The minimum atomic E-state index is -0.143. The van der Waals surface area contributed by atoms with Crippen molar-refractivity contribution in [2.45, 2.75) is 32.4 Å². The van der Waals surface area contributed by atoms with Crippen LogP contribution in [0.3, 0.4) is 0 Å². The summed E-state index contributed by atoms with van der Waals surface area (Å²) in [4.78, 5) is 31.5. The van der Waals surface area contributed by atoms with E-state index in [1.807, 2.05) is 59.4 Å². The summed E-state index contributed by atoms with van der Waals surface area (Å²) in [6, 6.07) is 17.3. The summed E-state index contributed by atoms with van der Waals surface area (Å²) < 4.78 is 1.87. The summed E-state index contributed by atoms with van der Waals surface area (Å²) in [5, 5.41) is 7.72. The van der Waals surface area contributed by atoms with E-state index in [0.717, 1.165) is 17.7 Å². The van der Waals surface area contributed by atoms with Gasteiger partial charge in [0.05, 0.1) is 17.4 Å². The van der Waals surface area contributed by atoms with Gasteiger partial charge in [-0.15, -0.1) is 0 Å². The molecule has 1 amide bonds. The van der Waals surface area contributed by atoms with Gasteiger partial charge in [0.1, 0.15) is 5.82 Å². The monoisotopic (exact) mass is 401 g/mol. The second-order valence-corrected chi connectivity index (χ2v) is 7.18. The molecule has 0 aliphatic carbocycles. The summed E-state index contributed by atoms with van der Waals surface area (Å²) in [5.41, 5.74) is 2.74. The Kier molecular flexibility index (Phi) is 5.98. The quantitative estimate of drug-likeness (QED) is 0.475. The Balaban J connectivity index is 1.23. The Hall–Kier alpha value is -3.74. The van der Waals surface area contributed by atoms with Crippen LogP contribution in [0.2, 0.25) is 0 Å². The molecule has 0 atom stereocenters. The molecule has 0 aliphatic rings. The van der Waals surface area contributed by atoms with Gasteiger partial charge in [0.2, 0.25) is 5.91 Å². The highest BCUT2D eigenvalue weighted by Gasteiger charge is 2.06. The van der Waals surface area contributed by atoms with Crippen molar-refractivity contribution in [2.24, 2.45) is 0 Å². The maximum atomic E-state index is 12.1. The molecule has 2 aromatic carbocycles. The van der Waals surface area contributed by atoms with Gasteiger partial charge in [0.25, 0.3) is 5.56 Å². The molecule has 0 spiro atoms. The topological polar surface area (TPSA) is 92.7 Å². The molecule has 0 saturated heterocycles. The zero-order chi connectivity index (χ0) is 20.8. The Morgan fingerprint density at radius 3 is 2.63 bits per heavy atom. The molecule has 30 heavy (non-hydrogen) atoms. The van der Waals surface area contributed by atoms with Crippen molar-refractivity contribution < 1.29 is 4.79 Å². The van der Waals surface area contributed by atoms with Crippen molar-refractivity contribution in [3.8, 4) is 0 Å². The minimum absolute atomic E-state index is 0.0150. The Morgan fingerprint density at radius 2 is 1.83 bits per heavy atom. The van der Waals surface area contributed by atoms with E-state index in [9.17, 15) is 9.59 Å². The van der Waals surface area contributed by atoms with Gasteiger partial charge in [-0.3, -0.25) is 14.3 Å². The zero-order valence-electron chi connectivity index (χ0n) is 16.5. The molecule has 7 heteroatoms. The summed E-state index contributed by atoms with van der Waals surface area (Å²) in [6.45, 7) is 1.22. The molecule has 0 fully saturated rings. The molecule has 7 nitrogen and oxygen atoms in total. The van der Waals surface area contributed by atoms with Crippen LogP contribution < -0.4 is 10.9 Å². The van der Waals surface area contributed by atoms with Gasteiger partial charge in [-0.25, -0.2) is 4.98 Å². The molecule has 0 bridgehead atoms. The first-order chi connectivity index (χ1) is 14.7. The average molecular weight is 401 g/mol. The van der Waals surface area contributed by atoms with Gasteiger partial charge in [-0.1, -0.05) is 36.4 Å². The fraction of sp³-hybridized carbons (Fsp3) is 0.217. The largest absolute Gasteiger partial charge is 0.352 e. The summed E-state index contributed by atoms with van der Waals surface area (Å²) in [5.74, 6) is 0.595. The number of aryl methyl sites for hydroxylation is 1. The summed E-state index contributed by atoms with van der Waals surface area (Å²) in [7, 11) is 0. The molecule has 2 heterocycles. The second kappa shape index (κ2) is 9.17. The van der Waals surface area contributed by atoms with Crippen molar-refractivity contribution in [3.05, 3.63) is 94.3 Å². The number of hydrogen-bond donors (Lipinski definition) is 2. The number of carbonyl (C=O) groups excluding carboxylic acids is 1. The maximum Gasteiger partial charge on any atom is 0.258 e. The normalized spacial score (nSPS) is 10.9. The lowest BCUT2D eigenvalue weighted by atomic mass is 10.1. The first-order valence-electron chi connectivity index (χ1n) is 9.97. The van der Waals surface area contributed by atoms with E-state index in [4.69, 9.17) is 0 Å². The number of H-pyrrole nitrogens is 1. The third kappa shape index (κ3) is 5.00. The van der Waals surface area contributed by atoms with Crippen LogP contribution >= 0.6 is 0 Å². The lowest BCUT2D eigenvalue weighted by Gasteiger charge is -2.07. The molecule has 0 saturated carbocycles. The van der Waals surface area contributed by atoms with Crippen LogP contribution in [0, 0.1) is 0 Å². The van der Waals surface area contributed by atoms with Crippen LogP contribution in [0.25, 0.3) is 10.9 Å². The highest BCUT2D eigenvalue weighted by atomic mass is 16.1. The SMILES string of the molecule is O=C(CCCc1nc2ccccc2c(=O)[nH]1)NCc1ccc(Cn2cccn2)cc1. The smallest absolute Gasteiger partial charge is 0.258 e. The molecule has 0 aliphatic heterocycles. The van der Waals surface area contributed by atoms with Crippen LogP contribution in [0.1, 0.15) is 29.8 Å². The number of aromatic amines is 1. The van der Waals surface area contributed by atoms with Crippen LogP contribution in [0.15, 0.2) is 71.8 Å². The van der Waals surface area contributed by atoms with Crippen molar-refractivity contribution in [3.63, 3.8) is 0 Å². The highest BCUT2D eigenvalue weighted by molar-refractivity contribution is 5.77. The van der Waals surface area contributed by atoms with E-state index in [1.54, 1.807) is 12.3 Å². The van der Waals surface area contributed by atoms with Gasteiger partial charge < -0.3 is 10.3 Å². The van der Waals surface area contributed by atoms with Crippen molar-refractivity contribution in [1.29, 1.82) is 0 Å². The lowest BCUT2D eigenvalue weighted by molar-refractivity contribution is -0.121. The fourth-order valence-electron chi connectivity index (χ4n) is 3.30. The Morgan fingerprint density at radius 1 is 1.03 bits per heavy atom. The predicted molar refractivity (Wildman–Crippen MR) is 115 cm³/mol. The van der Waals surface area contributed by atoms with Crippen molar-refractivity contribution in [1.82, 2.24) is 25.1 Å². The van der Waals surface area contributed by atoms with E-state index < -0.39 is 0 Å². The van der Waals surface area contributed by atoms with Crippen LogP contribution in [0.4, 0.5) is 0 Å². The third-order valence-corrected chi connectivity index (χ3v) is 4.90. The van der Waals surface area contributed by atoms with Gasteiger partial charge in [-0.2, -0.15) is 5.10 Å². The number of aromatic nitrogens is 4. The Bertz CT molecular complexity index is 1180. The third-order valence-electron chi connectivity index (χ3n) is 4.90. The zero-order valence-corrected chi connectivity index (χ0v) is 16.5. The molecule has 152 valence electrons. The van der Waals surface area contributed by atoms with E-state index in [-0.39, 0.29) is 11.5 Å². The highest BCUT2D eigenvalue weighted by Crippen LogP contribution is 2.08. The number of nitrogens with one attached hydrogen (secondary N) is 2. The number of para-hydroxylation sites is 1. The van der Waals surface area contributed by atoms with Crippen LogP contribution in [0.5, 0.6) is 0 Å². The standard InChI is InChI=1S/C23H23N5O2/c29-22(8-3-7-21-26-20-6-2-1-5-19(20)23(30)27-21)24-15-17-9-11-18(12-10-17)16-28-14-4-13-25-28/h1-2,4-6,9-14H,3,7-8,15-16H2,(H,24,29)(H,26,27,30). The van der Waals surface area contributed by atoms with E-state index in [0.29, 0.717) is 42.5 Å². The van der Waals surface area contributed by atoms with Crippen LogP contribution in [-0.2, 0) is 24.3 Å². The number of amides is 1. The second-order valence-electron chi connectivity index (χ2n) is 7.18. The minimum Gasteiger partial charge on any atom is -0.352 e. The molecule has 4 aromatic rings. The number of rotatable bonds is 8. The number of carbonyl (C=O) groups is 1. The molecule has 4 rings (SSSR count). The fourth-order valence-corrected chi connectivity index (χ4v) is 3.30. The summed E-state index contributed by atoms with van der Waals surface area (Å²) >= 11 is 0. The van der Waals surface area contributed by atoms with Gasteiger partial charge in [0.15, 0.2) is 0 Å². The number of benzene rings is 2. The van der Waals surface area contributed by atoms with Gasteiger partial charge >= 0.3 is 0 Å². The molecular weight excluding hydrogens is 378 g/mol. The van der Waals surface area contributed by atoms with Crippen LogP contribution in [-0.4, -0.2) is 25.7 Å². The number of fused-ring (bicyclic) bond motifs is 1. The first-order valence-corrected chi connectivity index (χ1v) is 9.97.